The van der Waals surface area contributed by atoms with Gasteiger partial charge in [-0.3, -0.25) is 9.59 Å². The van der Waals surface area contributed by atoms with Gasteiger partial charge in [-0.1, -0.05) is 37.8 Å². The van der Waals surface area contributed by atoms with Crippen molar-refractivity contribution in [3.8, 4) is 11.5 Å². The van der Waals surface area contributed by atoms with E-state index in [1.165, 1.54) is 12.5 Å². The Labute approximate surface area is 240 Å². The van der Waals surface area contributed by atoms with E-state index < -0.39 is 17.9 Å². The molecule has 0 heterocycles. The van der Waals surface area contributed by atoms with E-state index in [-0.39, 0.29) is 30.5 Å². The van der Waals surface area contributed by atoms with Crippen molar-refractivity contribution in [2.45, 2.75) is 57.5 Å². The number of carbonyl (C=O) groups is 4. The molecule has 0 unspecified atom stereocenters. The van der Waals surface area contributed by atoms with Crippen molar-refractivity contribution in [3.63, 3.8) is 0 Å². The standard InChI is InChI=1S/C33H36O8/c1-3-31(35)40-29-16-11-25(12-17-29)13-20-30(34)26-14-18-27(19-15-26)38-21-7-8-22-39-33(37)24(2)23-32(36)41-28-9-5-4-6-10-28/h3,11-20,28H,1-2,4-10,21-23H2/b20-13+. The molecule has 0 atom stereocenters. The minimum absolute atomic E-state index is 0.0540. The van der Waals surface area contributed by atoms with E-state index in [1.54, 1.807) is 54.6 Å². The summed E-state index contributed by atoms with van der Waals surface area (Å²) in [5.41, 5.74) is 1.39. The van der Waals surface area contributed by atoms with Gasteiger partial charge in [0.25, 0.3) is 0 Å². The van der Waals surface area contributed by atoms with Gasteiger partial charge in [0.15, 0.2) is 5.78 Å². The number of hydrogen-bond acceptors (Lipinski definition) is 8. The van der Waals surface area contributed by atoms with E-state index in [9.17, 15) is 19.2 Å². The molecular weight excluding hydrogens is 524 g/mol. The second-order valence-electron chi connectivity index (χ2n) is 9.64. The van der Waals surface area contributed by atoms with Crippen molar-refractivity contribution in [1.29, 1.82) is 0 Å². The van der Waals surface area contributed by atoms with Gasteiger partial charge in [-0.15, -0.1) is 0 Å². The first kappa shape index (κ1) is 31.1. The fourth-order valence-electron chi connectivity index (χ4n) is 4.11. The number of benzene rings is 2. The van der Waals surface area contributed by atoms with Crippen LogP contribution in [0.5, 0.6) is 11.5 Å². The maximum Gasteiger partial charge on any atom is 0.335 e. The lowest BCUT2D eigenvalue weighted by molar-refractivity contribution is -0.151. The molecule has 0 aliphatic heterocycles. The third kappa shape index (κ3) is 11.3. The van der Waals surface area contributed by atoms with Gasteiger partial charge < -0.3 is 18.9 Å². The van der Waals surface area contributed by atoms with Crippen molar-refractivity contribution in [3.05, 3.63) is 90.5 Å². The fourth-order valence-corrected chi connectivity index (χ4v) is 4.11. The summed E-state index contributed by atoms with van der Waals surface area (Å²) in [5, 5.41) is 0. The van der Waals surface area contributed by atoms with Crippen LogP contribution in [-0.2, 0) is 23.9 Å². The van der Waals surface area contributed by atoms with Crippen molar-refractivity contribution >= 4 is 29.8 Å². The lowest BCUT2D eigenvalue weighted by Crippen LogP contribution is -2.22. The zero-order chi connectivity index (χ0) is 29.5. The highest BCUT2D eigenvalue weighted by molar-refractivity contribution is 6.06. The smallest absolute Gasteiger partial charge is 0.335 e. The highest BCUT2D eigenvalue weighted by Crippen LogP contribution is 2.21. The van der Waals surface area contributed by atoms with Crippen LogP contribution in [0.1, 0.15) is 67.3 Å². The van der Waals surface area contributed by atoms with E-state index in [0.29, 0.717) is 36.5 Å². The quantitative estimate of drug-likeness (QED) is 0.0834. The van der Waals surface area contributed by atoms with Crippen molar-refractivity contribution in [1.82, 2.24) is 0 Å². The highest BCUT2D eigenvalue weighted by Gasteiger charge is 2.20. The molecule has 0 N–H and O–H groups in total. The monoisotopic (exact) mass is 560 g/mol. The van der Waals surface area contributed by atoms with E-state index in [2.05, 4.69) is 13.2 Å². The van der Waals surface area contributed by atoms with Gasteiger partial charge in [-0.25, -0.2) is 9.59 Å². The predicted molar refractivity (Wildman–Crippen MR) is 154 cm³/mol. The first-order valence-corrected chi connectivity index (χ1v) is 13.8. The molecule has 1 fully saturated rings. The average Bonchev–Trinajstić information content (AvgIpc) is 2.98. The Morgan fingerprint density at radius 1 is 0.854 bits per heavy atom. The molecule has 1 saturated carbocycles. The summed E-state index contributed by atoms with van der Waals surface area (Å²) in [5.74, 6) is -0.710. The molecule has 41 heavy (non-hydrogen) atoms. The number of unbranched alkanes of at least 4 members (excludes halogenated alkanes) is 1. The minimum atomic E-state index is -0.591. The van der Waals surface area contributed by atoms with Crippen LogP contribution in [0.3, 0.4) is 0 Å². The van der Waals surface area contributed by atoms with Crippen molar-refractivity contribution < 1.29 is 38.1 Å². The third-order valence-electron chi connectivity index (χ3n) is 6.37. The SMILES string of the molecule is C=CC(=O)Oc1ccc(/C=C/C(=O)c2ccc(OCCCCOC(=O)C(=C)CC(=O)OC3CCCCC3)cc2)cc1. The van der Waals surface area contributed by atoms with Gasteiger partial charge in [-0.2, -0.15) is 0 Å². The Bertz CT molecular complexity index is 1230. The molecule has 0 spiro atoms. The van der Waals surface area contributed by atoms with E-state index >= 15 is 0 Å². The number of hydrogen-bond donors (Lipinski definition) is 0. The van der Waals surface area contributed by atoms with Crippen LogP contribution in [0.15, 0.2) is 79.4 Å². The molecular formula is C33H36O8. The molecule has 0 radical (unpaired) electrons. The second kappa shape index (κ2) is 16.6. The van der Waals surface area contributed by atoms with E-state index in [1.807, 2.05) is 0 Å². The summed E-state index contributed by atoms with van der Waals surface area (Å²) in [7, 11) is 0. The minimum Gasteiger partial charge on any atom is -0.494 e. The van der Waals surface area contributed by atoms with Crippen LogP contribution in [0.25, 0.3) is 6.08 Å². The normalized spacial score (nSPS) is 13.3. The van der Waals surface area contributed by atoms with Gasteiger partial charge in [0, 0.05) is 17.2 Å². The van der Waals surface area contributed by atoms with Crippen LogP contribution in [0, 0.1) is 0 Å². The topological polar surface area (TPSA) is 105 Å². The Kier molecular flexibility index (Phi) is 12.6. The summed E-state index contributed by atoms with van der Waals surface area (Å²) < 4.78 is 21.3. The second-order valence-corrected chi connectivity index (χ2v) is 9.64. The third-order valence-corrected chi connectivity index (χ3v) is 6.37. The largest absolute Gasteiger partial charge is 0.494 e. The average molecular weight is 561 g/mol. The van der Waals surface area contributed by atoms with Gasteiger partial charge in [-0.05, 0) is 86.6 Å². The van der Waals surface area contributed by atoms with Gasteiger partial charge >= 0.3 is 17.9 Å². The molecule has 2 aromatic rings. The maximum atomic E-state index is 12.5. The summed E-state index contributed by atoms with van der Waals surface area (Å²) in [6.45, 7) is 7.62. The summed E-state index contributed by atoms with van der Waals surface area (Å²) in [4.78, 5) is 47.8. The number of ketones is 1. The van der Waals surface area contributed by atoms with E-state index in [4.69, 9.17) is 18.9 Å². The first-order chi connectivity index (χ1) is 19.8. The zero-order valence-corrected chi connectivity index (χ0v) is 23.2. The Morgan fingerprint density at radius 2 is 1.51 bits per heavy atom. The van der Waals surface area contributed by atoms with E-state index in [0.717, 1.165) is 37.3 Å². The van der Waals surface area contributed by atoms with Crippen LogP contribution >= 0.6 is 0 Å². The Balaban J connectivity index is 1.29. The summed E-state index contributed by atoms with van der Waals surface area (Å²) in [6, 6.07) is 13.6. The van der Waals surface area contributed by atoms with Gasteiger partial charge in [0.05, 0.1) is 19.6 Å². The molecule has 0 bridgehead atoms. The molecule has 1 aliphatic carbocycles. The lowest BCUT2D eigenvalue weighted by Gasteiger charge is -2.21. The molecule has 2 aromatic carbocycles. The molecule has 8 heteroatoms. The molecule has 0 aromatic heterocycles. The molecule has 0 amide bonds. The maximum absolute atomic E-state index is 12.5. The lowest BCUT2D eigenvalue weighted by atomic mass is 9.98. The fraction of sp³-hybridized carbons (Fsp3) is 0.333. The summed E-state index contributed by atoms with van der Waals surface area (Å²) in [6.07, 6.45) is 10.3. The predicted octanol–water partition coefficient (Wildman–Crippen LogP) is 6.20. The highest BCUT2D eigenvalue weighted by atomic mass is 16.5. The van der Waals surface area contributed by atoms with Crippen LogP contribution < -0.4 is 9.47 Å². The van der Waals surface area contributed by atoms with Gasteiger partial charge in [0.2, 0.25) is 0 Å². The molecule has 8 nitrogen and oxygen atoms in total. The zero-order valence-electron chi connectivity index (χ0n) is 23.2. The van der Waals surface area contributed by atoms with Crippen molar-refractivity contribution in [2.24, 2.45) is 0 Å². The number of esters is 3. The number of rotatable bonds is 15. The first-order valence-electron chi connectivity index (χ1n) is 13.8. The van der Waals surface area contributed by atoms with Crippen LogP contribution in [0.4, 0.5) is 0 Å². The Hall–Kier alpha value is -4.46. The Morgan fingerprint density at radius 3 is 2.20 bits per heavy atom. The van der Waals surface area contributed by atoms with Crippen LogP contribution in [-0.4, -0.2) is 43.0 Å². The van der Waals surface area contributed by atoms with Gasteiger partial charge in [0.1, 0.15) is 17.6 Å². The van der Waals surface area contributed by atoms with Crippen molar-refractivity contribution in [2.75, 3.05) is 13.2 Å². The number of ether oxygens (including phenoxy) is 4. The molecule has 1 aliphatic rings. The number of allylic oxidation sites excluding steroid dienone is 1. The number of carbonyl (C=O) groups excluding carboxylic acids is 4. The molecule has 3 rings (SSSR count). The molecule has 216 valence electrons. The molecule has 0 saturated heterocycles. The van der Waals surface area contributed by atoms with Crippen LogP contribution in [0.2, 0.25) is 0 Å². The summed E-state index contributed by atoms with van der Waals surface area (Å²) >= 11 is 0.